The summed E-state index contributed by atoms with van der Waals surface area (Å²) in [5.41, 5.74) is 3.22. The molecule has 0 amide bonds. The highest BCUT2D eigenvalue weighted by molar-refractivity contribution is 5.85. The quantitative estimate of drug-likeness (QED) is 0.889. The Kier molecular flexibility index (Phi) is 3.96. The lowest BCUT2D eigenvalue weighted by molar-refractivity contribution is 0.0690. The van der Waals surface area contributed by atoms with Gasteiger partial charge in [-0.3, -0.25) is 0 Å². The highest BCUT2D eigenvalue weighted by Crippen LogP contribution is 2.20. The SMILES string of the molecule is Cc1cccc(C#N)c1NCc1ccc(C(=O)O)nc1. The maximum atomic E-state index is 10.7. The van der Waals surface area contributed by atoms with Gasteiger partial charge in [0.1, 0.15) is 11.8 Å². The van der Waals surface area contributed by atoms with Crippen LogP contribution in [0.4, 0.5) is 5.69 Å². The van der Waals surface area contributed by atoms with E-state index < -0.39 is 5.97 Å². The van der Waals surface area contributed by atoms with Crippen LogP contribution in [0.25, 0.3) is 0 Å². The lowest BCUT2D eigenvalue weighted by Crippen LogP contribution is -2.05. The molecule has 0 aliphatic heterocycles. The number of pyridine rings is 1. The van der Waals surface area contributed by atoms with E-state index in [1.165, 1.54) is 12.3 Å². The summed E-state index contributed by atoms with van der Waals surface area (Å²) < 4.78 is 0. The van der Waals surface area contributed by atoms with Crippen molar-refractivity contribution in [2.75, 3.05) is 5.32 Å². The van der Waals surface area contributed by atoms with Crippen LogP contribution in [-0.2, 0) is 6.54 Å². The Morgan fingerprint density at radius 1 is 1.40 bits per heavy atom. The fourth-order valence-corrected chi connectivity index (χ4v) is 1.84. The predicted molar refractivity (Wildman–Crippen MR) is 74.4 cm³/mol. The molecule has 0 unspecified atom stereocenters. The van der Waals surface area contributed by atoms with E-state index in [0.29, 0.717) is 12.1 Å². The van der Waals surface area contributed by atoms with Crippen molar-refractivity contribution in [2.45, 2.75) is 13.5 Å². The molecule has 0 fully saturated rings. The molecular formula is C15H13N3O2. The number of para-hydroxylation sites is 1. The first-order valence-electron chi connectivity index (χ1n) is 6.03. The topological polar surface area (TPSA) is 86.0 Å². The van der Waals surface area contributed by atoms with Gasteiger partial charge >= 0.3 is 5.97 Å². The highest BCUT2D eigenvalue weighted by Gasteiger charge is 2.06. The fraction of sp³-hybridized carbons (Fsp3) is 0.133. The molecule has 1 aromatic carbocycles. The summed E-state index contributed by atoms with van der Waals surface area (Å²) in [6.07, 6.45) is 1.51. The summed E-state index contributed by atoms with van der Waals surface area (Å²) in [5, 5.41) is 21.0. The summed E-state index contributed by atoms with van der Waals surface area (Å²) in [4.78, 5) is 14.6. The molecule has 0 bridgehead atoms. The lowest BCUT2D eigenvalue weighted by Gasteiger charge is -2.11. The second-order valence-corrected chi connectivity index (χ2v) is 4.32. The van der Waals surface area contributed by atoms with Crippen LogP contribution in [-0.4, -0.2) is 16.1 Å². The van der Waals surface area contributed by atoms with E-state index in [2.05, 4.69) is 16.4 Å². The molecule has 0 atom stereocenters. The lowest BCUT2D eigenvalue weighted by atomic mass is 10.1. The standard InChI is InChI=1S/C15H13N3O2/c1-10-3-2-4-12(7-16)14(10)18-9-11-5-6-13(15(19)20)17-8-11/h2-6,8,18H,9H2,1H3,(H,19,20). The van der Waals surface area contributed by atoms with Crippen LogP contribution in [0.15, 0.2) is 36.5 Å². The number of carboxylic acids is 1. The average Bonchev–Trinajstić information content (AvgIpc) is 2.46. The predicted octanol–water partition coefficient (Wildman–Crippen LogP) is 2.57. The Labute approximate surface area is 116 Å². The minimum Gasteiger partial charge on any atom is -0.477 e. The Morgan fingerprint density at radius 3 is 2.80 bits per heavy atom. The molecule has 2 aromatic rings. The third-order valence-corrected chi connectivity index (χ3v) is 2.91. The number of nitrogens with zero attached hydrogens (tertiary/aromatic N) is 2. The number of benzene rings is 1. The second kappa shape index (κ2) is 5.85. The molecule has 1 heterocycles. The molecule has 0 spiro atoms. The molecule has 0 aliphatic rings. The summed E-state index contributed by atoms with van der Waals surface area (Å²) >= 11 is 0. The molecule has 0 saturated carbocycles. The third-order valence-electron chi connectivity index (χ3n) is 2.91. The van der Waals surface area contributed by atoms with E-state index >= 15 is 0 Å². The van der Waals surface area contributed by atoms with E-state index in [0.717, 1.165) is 16.8 Å². The highest BCUT2D eigenvalue weighted by atomic mass is 16.4. The van der Waals surface area contributed by atoms with Crippen molar-refractivity contribution in [3.05, 3.63) is 58.9 Å². The van der Waals surface area contributed by atoms with Crippen LogP contribution in [0.1, 0.15) is 27.2 Å². The smallest absolute Gasteiger partial charge is 0.354 e. The van der Waals surface area contributed by atoms with Gasteiger partial charge < -0.3 is 10.4 Å². The van der Waals surface area contributed by atoms with Crippen molar-refractivity contribution in [1.82, 2.24) is 4.98 Å². The van der Waals surface area contributed by atoms with E-state index in [4.69, 9.17) is 10.4 Å². The first-order valence-corrected chi connectivity index (χ1v) is 6.03. The Hall–Kier alpha value is -2.87. The van der Waals surface area contributed by atoms with Crippen molar-refractivity contribution in [2.24, 2.45) is 0 Å². The molecule has 20 heavy (non-hydrogen) atoms. The summed E-state index contributed by atoms with van der Waals surface area (Å²) in [7, 11) is 0. The van der Waals surface area contributed by atoms with Crippen LogP contribution in [0.2, 0.25) is 0 Å². The molecule has 1 aromatic heterocycles. The summed E-state index contributed by atoms with van der Waals surface area (Å²) in [6.45, 7) is 2.40. The fourth-order valence-electron chi connectivity index (χ4n) is 1.84. The maximum absolute atomic E-state index is 10.7. The van der Waals surface area contributed by atoms with E-state index in [-0.39, 0.29) is 5.69 Å². The zero-order valence-corrected chi connectivity index (χ0v) is 10.9. The largest absolute Gasteiger partial charge is 0.477 e. The van der Waals surface area contributed by atoms with Gasteiger partial charge in [0.2, 0.25) is 0 Å². The number of hydrogen-bond donors (Lipinski definition) is 2. The number of carbonyl (C=O) groups is 1. The second-order valence-electron chi connectivity index (χ2n) is 4.32. The van der Waals surface area contributed by atoms with Gasteiger partial charge in [-0.15, -0.1) is 0 Å². The molecule has 0 saturated heterocycles. The van der Waals surface area contributed by atoms with Gasteiger partial charge in [0.05, 0.1) is 11.3 Å². The third kappa shape index (κ3) is 2.93. The Balaban J connectivity index is 2.13. The molecule has 0 radical (unpaired) electrons. The number of anilines is 1. The van der Waals surface area contributed by atoms with Gasteiger partial charge in [0, 0.05) is 12.7 Å². The van der Waals surface area contributed by atoms with Gasteiger partial charge in [0.25, 0.3) is 0 Å². The number of carboxylic acid groups (broad SMARTS) is 1. The number of aryl methyl sites for hydroxylation is 1. The van der Waals surface area contributed by atoms with Crippen molar-refractivity contribution < 1.29 is 9.90 Å². The summed E-state index contributed by atoms with van der Waals surface area (Å²) in [5.74, 6) is -1.05. The normalized spacial score (nSPS) is 9.80. The van der Waals surface area contributed by atoms with Crippen LogP contribution < -0.4 is 5.32 Å². The number of aromatic carboxylic acids is 1. The average molecular weight is 267 g/mol. The van der Waals surface area contributed by atoms with Crippen molar-refractivity contribution in [1.29, 1.82) is 5.26 Å². The Morgan fingerprint density at radius 2 is 2.20 bits per heavy atom. The van der Waals surface area contributed by atoms with Crippen LogP contribution in [0.3, 0.4) is 0 Å². The molecule has 2 rings (SSSR count). The van der Waals surface area contributed by atoms with E-state index in [9.17, 15) is 4.79 Å². The number of nitrogens with one attached hydrogen (secondary N) is 1. The first-order chi connectivity index (χ1) is 9.61. The van der Waals surface area contributed by atoms with Gasteiger partial charge in [-0.2, -0.15) is 5.26 Å². The van der Waals surface area contributed by atoms with Crippen molar-refractivity contribution in [3.8, 4) is 6.07 Å². The van der Waals surface area contributed by atoms with Crippen LogP contribution in [0, 0.1) is 18.3 Å². The monoisotopic (exact) mass is 267 g/mol. The van der Waals surface area contributed by atoms with Gasteiger partial charge in [-0.05, 0) is 30.2 Å². The van der Waals surface area contributed by atoms with Crippen LogP contribution >= 0.6 is 0 Å². The summed E-state index contributed by atoms with van der Waals surface area (Å²) in [6, 6.07) is 10.8. The molecular weight excluding hydrogens is 254 g/mol. The Bertz CT molecular complexity index is 673. The number of nitriles is 1. The molecule has 5 nitrogen and oxygen atoms in total. The van der Waals surface area contributed by atoms with Crippen molar-refractivity contribution >= 4 is 11.7 Å². The van der Waals surface area contributed by atoms with Crippen LogP contribution in [0.5, 0.6) is 0 Å². The molecule has 0 aliphatic carbocycles. The van der Waals surface area contributed by atoms with Gasteiger partial charge in [-0.1, -0.05) is 18.2 Å². The minimum absolute atomic E-state index is 0.0161. The number of hydrogen-bond acceptors (Lipinski definition) is 4. The minimum atomic E-state index is -1.05. The molecule has 100 valence electrons. The first kappa shape index (κ1) is 13.6. The zero-order valence-electron chi connectivity index (χ0n) is 10.9. The number of rotatable bonds is 4. The maximum Gasteiger partial charge on any atom is 0.354 e. The van der Waals surface area contributed by atoms with Crippen molar-refractivity contribution in [3.63, 3.8) is 0 Å². The van der Waals surface area contributed by atoms with Gasteiger partial charge in [0.15, 0.2) is 0 Å². The molecule has 2 N–H and O–H groups in total. The zero-order chi connectivity index (χ0) is 14.5. The van der Waals surface area contributed by atoms with E-state index in [1.807, 2.05) is 19.1 Å². The van der Waals surface area contributed by atoms with E-state index in [1.54, 1.807) is 12.1 Å². The molecule has 5 heteroatoms. The van der Waals surface area contributed by atoms with Gasteiger partial charge in [-0.25, -0.2) is 9.78 Å². The number of aromatic nitrogens is 1.